The van der Waals surface area contributed by atoms with E-state index in [0.717, 1.165) is 12.2 Å². The summed E-state index contributed by atoms with van der Waals surface area (Å²) in [5.41, 5.74) is 1.49. The van der Waals surface area contributed by atoms with E-state index in [1.54, 1.807) is 17.0 Å². The van der Waals surface area contributed by atoms with E-state index in [4.69, 9.17) is 0 Å². The van der Waals surface area contributed by atoms with Crippen molar-refractivity contribution in [2.75, 3.05) is 6.54 Å². The minimum Gasteiger partial charge on any atom is -0.348 e. The summed E-state index contributed by atoms with van der Waals surface area (Å²) in [6, 6.07) is 13.9. The smallest absolute Gasteiger partial charge is 0.264 e. The standard InChI is InChI=1S/C18H15FN2OS/c19-14-6-2-1-5-13(14)17-15-7-3-9-20(15)10-11-21(17)18(22)16-8-4-12-23-16/h1-9,12,17H,10-11H2. The zero-order valence-electron chi connectivity index (χ0n) is 12.4. The summed E-state index contributed by atoms with van der Waals surface area (Å²) in [4.78, 5) is 15.4. The molecular weight excluding hydrogens is 311 g/mol. The molecule has 1 atom stereocenters. The Morgan fingerprint density at radius 3 is 2.74 bits per heavy atom. The van der Waals surface area contributed by atoms with Crippen LogP contribution < -0.4 is 0 Å². The first-order chi connectivity index (χ1) is 11.3. The minimum atomic E-state index is -0.394. The number of nitrogens with zero attached hydrogens (tertiary/aromatic N) is 2. The number of aromatic nitrogens is 1. The lowest BCUT2D eigenvalue weighted by Gasteiger charge is -2.37. The molecule has 1 unspecified atom stereocenters. The van der Waals surface area contributed by atoms with Crippen LogP contribution in [0, 0.1) is 5.82 Å². The highest BCUT2D eigenvalue weighted by atomic mass is 32.1. The highest BCUT2D eigenvalue weighted by molar-refractivity contribution is 7.12. The van der Waals surface area contributed by atoms with Gasteiger partial charge >= 0.3 is 0 Å². The predicted octanol–water partition coefficient (Wildman–Crippen LogP) is 3.93. The number of carbonyl (C=O) groups is 1. The SMILES string of the molecule is O=C(c1cccs1)N1CCn2cccc2C1c1ccccc1F. The Hall–Kier alpha value is -2.40. The van der Waals surface area contributed by atoms with E-state index in [-0.39, 0.29) is 11.7 Å². The molecule has 0 N–H and O–H groups in total. The number of hydrogen-bond donors (Lipinski definition) is 0. The number of carbonyl (C=O) groups excluding carboxylic acids is 1. The van der Waals surface area contributed by atoms with Crippen LogP contribution in [0.5, 0.6) is 0 Å². The highest BCUT2D eigenvalue weighted by Gasteiger charge is 2.34. The van der Waals surface area contributed by atoms with E-state index in [9.17, 15) is 9.18 Å². The normalized spacial score (nSPS) is 17.1. The van der Waals surface area contributed by atoms with E-state index in [1.807, 2.05) is 41.9 Å². The van der Waals surface area contributed by atoms with Gasteiger partial charge in [-0.2, -0.15) is 0 Å². The third kappa shape index (κ3) is 2.37. The Bertz CT molecular complexity index is 840. The summed E-state index contributed by atoms with van der Waals surface area (Å²) in [7, 11) is 0. The van der Waals surface area contributed by atoms with Crippen LogP contribution in [0.15, 0.2) is 60.1 Å². The van der Waals surface area contributed by atoms with Crippen LogP contribution >= 0.6 is 11.3 Å². The molecule has 4 rings (SSSR count). The molecule has 0 bridgehead atoms. The van der Waals surface area contributed by atoms with Crippen LogP contribution in [0.4, 0.5) is 4.39 Å². The molecular formula is C18H15FN2OS. The van der Waals surface area contributed by atoms with Gasteiger partial charge < -0.3 is 9.47 Å². The van der Waals surface area contributed by atoms with Crippen molar-refractivity contribution in [3.63, 3.8) is 0 Å². The molecule has 5 heteroatoms. The van der Waals surface area contributed by atoms with E-state index >= 15 is 0 Å². The molecule has 0 spiro atoms. The van der Waals surface area contributed by atoms with Crippen LogP contribution in [0.1, 0.15) is 27.0 Å². The molecule has 0 saturated heterocycles. The second kappa shape index (κ2) is 5.66. The molecule has 3 aromatic rings. The first-order valence-electron chi connectivity index (χ1n) is 7.49. The number of rotatable bonds is 2. The molecule has 3 nitrogen and oxygen atoms in total. The van der Waals surface area contributed by atoms with Crippen LogP contribution in [0.3, 0.4) is 0 Å². The first-order valence-corrected chi connectivity index (χ1v) is 8.37. The third-order valence-electron chi connectivity index (χ3n) is 4.23. The monoisotopic (exact) mass is 326 g/mol. The van der Waals surface area contributed by atoms with Crippen LogP contribution in [-0.2, 0) is 6.54 Å². The van der Waals surface area contributed by atoms with Crippen molar-refractivity contribution in [3.05, 3.63) is 82.1 Å². The lowest BCUT2D eigenvalue weighted by molar-refractivity contribution is 0.0666. The van der Waals surface area contributed by atoms with Gasteiger partial charge in [-0.25, -0.2) is 4.39 Å². The predicted molar refractivity (Wildman–Crippen MR) is 88.0 cm³/mol. The summed E-state index contributed by atoms with van der Waals surface area (Å²) in [6.45, 7) is 1.29. The number of halogens is 1. The number of amides is 1. The molecule has 3 heterocycles. The van der Waals surface area contributed by atoms with Crippen molar-refractivity contribution >= 4 is 17.2 Å². The van der Waals surface area contributed by atoms with E-state index < -0.39 is 6.04 Å². The molecule has 1 aromatic carbocycles. The molecule has 1 amide bonds. The van der Waals surface area contributed by atoms with Crippen molar-refractivity contribution in [2.24, 2.45) is 0 Å². The van der Waals surface area contributed by atoms with Crippen molar-refractivity contribution in [2.45, 2.75) is 12.6 Å². The molecule has 0 saturated carbocycles. The van der Waals surface area contributed by atoms with Gasteiger partial charge in [0.15, 0.2) is 0 Å². The van der Waals surface area contributed by atoms with Gasteiger partial charge in [0.2, 0.25) is 0 Å². The quantitative estimate of drug-likeness (QED) is 0.700. The fourth-order valence-corrected chi connectivity index (χ4v) is 3.85. The molecule has 0 fully saturated rings. The maximum absolute atomic E-state index is 14.4. The van der Waals surface area contributed by atoms with Crippen LogP contribution in [-0.4, -0.2) is 21.9 Å². The average molecular weight is 326 g/mol. The van der Waals surface area contributed by atoms with Gasteiger partial charge in [-0.1, -0.05) is 24.3 Å². The summed E-state index contributed by atoms with van der Waals surface area (Å²) in [5, 5.41) is 1.89. The topological polar surface area (TPSA) is 25.2 Å². The largest absolute Gasteiger partial charge is 0.348 e. The summed E-state index contributed by atoms with van der Waals surface area (Å²) in [5.74, 6) is -0.322. The number of benzene rings is 1. The number of hydrogen-bond acceptors (Lipinski definition) is 2. The summed E-state index contributed by atoms with van der Waals surface area (Å²) in [6.07, 6.45) is 1.98. The van der Waals surface area contributed by atoms with Crippen molar-refractivity contribution in [3.8, 4) is 0 Å². The second-order valence-electron chi connectivity index (χ2n) is 5.53. The van der Waals surface area contributed by atoms with Crippen LogP contribution in [0.2, 0.25) is 0 Å². The number of fused-ring (bicyclic) bond motifs is 1. The Morgan fingerprint density at radius 2 is 1.96 bits per heavy atom. The van der Waals surface area contributed by atoms with E-state index in [2.05, 4.69) is 4.57 Å². The minimum absolute atomic E-state index is 0.0410. The molecule has 116 valence electrons. The third-order valence-corrected chi connectivity index (χ3v) is 5.09. The molecule has 2 aromatic heterocycles. The van der Waals surface area contributed by atoms with Gasteiger partial charge in [0.1, 0.15) is 11.9 Å². The molecule has 1 aliphatic rings. The van der Waals surface area contributed by atoms with E-state index in [0.29, 0.717) is 17.0 Å². The Balaban J connectivity index is 1.83. The van der Waals surface area contributed by atoms with Gasteiger partial charge in [-0.3, -0.25) is 4.79 Å². The van der Waals surface area contributed by atoms with Gasteiger partial charge in [0.25, 0.3) is 5.91 Å². The lowest BCUT2D eigenvalue weighted by atomic mass is 9.99. The zero-order valence-corrected chi connectivity index (χ0v) is 13.2. The summed E-state index contributed by atoms with van der Waals surface area (Å²) >= 11 is 1.42. The summed E-state index contributed by atoms with van der Waals surface area (Å²) < 4.78 is 16.5. The van der Waals surface area contributed by atoms with Crippen molar-refractivity contribution < 1.29 is 9.18 Å². The van der Waals surface area contributed by atoms with Crippen LogP contribution in [0.25, 0.3) is 0 Å². The Morgan fingerprint density at radius 1 is 1.09 bits per heavy atom. The van der Waals surface area contributed by atoms with Gasteiger partial charge in [0.05, 0.1) is 4.88 Å². The Labute approximate surface area is 137 Å². The average Bonchev–Trinajstić information content (AvgIpc) is 3.25. The Kier molecular flexibility index (Phi) is 3.50. The zero-order chi connectivity index (χ0) is 15.8. The maximum Gasteiger partial charge on any atom is 0.264 e. The number of thiophene rings is 1. The molecule has 23 heavy (non-hydrogen) atoms. The van der Waals surface area contributed by atoms with Gasteiger partial charge in [-0.15, -0.1) is 11.3 Å². The van der Waals surface area contributed by atoms with Gasteiger partial charge in [0, 0.05) is 30.5 Å². The molecule has 0 radical (unpaired) electrons. The second-order valence-corrected chi connectivity index (χ2v) is 6.47. The fourth-order valence-electron chi connectivity index (χ4n) is 3.17. The van der Waals surface area contributed by atoms with Crippen molar-refractivity contribution in [1.29, 1.82) is 0 Å². The van der Waals surface area contributed by atoms with Gasteiger partial charge in [-0.05, 0) is 29.6 Å². The first kappa shape index (κ1) is 14.2. The highest BCUT2D eigenvalue weighted by Crippen LogP contribution is 2.35. The van der Waals surface area contributed by atoms with E-state index in [1.165, 1.54) is 17.4 Å². The lowest BCUT2D eigenvalue weighted by Crippen LogP contribution is -2.42. The maximum atomic E-state index is 14.4. The molecule has 1 aliphatic heterocycles. The van der Waals surface area contributed by atoms with Crippen molar-refractivity contribution in [1.82, 2.24) is 9.47 Å². The fraction of sp³-hybridized carbons (Fsp3) is 0.167. The molecule has 0 aliphatic carbocycles.